The lowest BCUT2D eigenvalue weighted by Gasteiger charge is -2.60. The van der Waals surface area contributed by atoms with Crippen LogP contribution in [0.5, 0.6) is 0 Å². The van der Waals surface area contributed by atoms with E-state index in [1.165, 1.54) is 6.42 Å². The molecule has 1 heterocycles. The van der Waals surface area contributed by atoms with E-state index >= 15 is 0 Å². The molecule has 3 atom stereocenters. The number of nitrogens with one attached hydrogen (secondary N) is 1. The van der Waals surface area contributed by atoms with Crippen LogP contribution in [-0.4, -0.2) is 46.6 Å². The molecule has 24 heavy (non-hydrogen) atoms. The monoisotopic (exact) mass is 334 g/mol. The van der Waals surface area contributed by atoms with Gasteiger partial charge in [-0.05, 0) is 62.2 Å². The molecule has 1 aliphatic heterocycles. The minimum absolute atomic E-state index is 0.00857. The van der Waals surface area contributed by atoms with Crippen molar-refractivity contribution in [1.29, 1.82) is 0 Å². The van der Waals surface area contributed by atoms with Crippen LogP contribution in [0.3, 0.4) is 0 Å². The van der Waals surface area contributed by atoms with Crippen LogP contribution < -0.4 is 5.32 Å². The highest BCUT2D eigenvalue weighted by molar-refractivity contribution is 5.82. The van der Waals surface area contributed by atoms with E-state index in [0.717, 1.165) is 45.1 Å². The predicted molar refractivity (Wildman–Crippen MR) is 90.1 cm³/mol. The molecular formula is C19H30N2O3. The molecule has 4 saturated carbocycles. The first kappa shape index (κ1) is 16.4. The normalized spacial score (nSPS) is 43.5. The second-order valence-electron chi connectivity index (χ2n) is 9.17. The van der Waals surface area contributed by atoms with Gasteiger partial charge in [-0.15, -0.1) is 0 Å². The summed E-state index contributed by atoms with van der Waals surface area (Å²) in [7, 11) is 0. The SMILES string of the molecule is CCCN1C[C@H](NC(=O)CC23C[C@H]4C[C@@H](CC(O)(C4)C2)C3)CC1=O. The van der Waals surface area contributed by atoms with Crippen LogP contribution >= 0.6 is 0 Å². The molecule has 5 nitrogen and oxygen atoms in total. The van der Waals surface area contributed by atoms with Crippen molar-refractivity contribution in [2.24, 2.45) is 17.3 Å². The molecule has 0 spiro atoms. The molecule has 0 aromatic heterocycles. The Bertz CT molecular complexity index is 533. The largest absolute Gasteiger partial charge is 0.390 e. The van der Waals surface area contributed by atoms with Crippen molar-refractivity contribution in [3.8, 4) is 0 Å². The lowest BCUT2D eigenvalue weighted by atomic mass is 9.47. The second kappa shape index (κ2) is 5.72. The van der Waals surface area contributed by atoms with Crippen molar-refractivity contribution in [3.05, 3.63) is 0 Å². The minimum atomic E-state index is -0.508. The number of aliphatic hydroxyl groups is 1. The van der Waals surface area contributed by atoms with Crippen LogP contribution in [0.15, 0.2) is 0 Å². The molecule has 5 rings (SSSR count). The molecule has 0 aromatic carbocycles. The van der Waals surface area contributed by atoms with E-state index in [2.05, 4.69) is 12.2 Å². The average molecular weight is 334 g/mol. The van der Waals surface area contributed by atoms with Crippen LogP contribution in [0.2, 0.25) is 0 Å². The van der Waals surface area contributed by atoms with Crippen molar-refractivity contribution in [2.45, 2.75) is 76.4 Å². The van der Waals surface area contributed by atoms with Gasteiger partial charge in [0.25, 0.3) is 0 Å². The summed E-state index contributed by atoms with van der Waals surface area (Å²) in [6, 6.07) is -0.0338. The molecule has 2 N–H and O–H groups in total. The van der Waals surface area contributed by atoms with E-state index in [0.29, 0.717) is 31.2 Å². The number of rotatable bonds is 5. The summed E-state index contributed by atoms with van der Waals surface area (Å²) in [5.41, 5.74) is -0.500. The van der Waals surface area contributed by atoms with E-state index in [1.807, 2.05) is 4.90 Å². The Labute approximate surface area is 144 Å². The molecule has 5 aliphatic rings. The summed E-state index contributed by atoms with van der Waals surface area (Å²) in [5, 5.41) is 13.9. The van der Waals surface area contributed by atoms with Crippen molar-refractivity contribution < 1.29 is 14.7 Å². The summed E-state index contributed by atoms with van der Waals surface area (Å²) in [5.74, 6) is 1.46. The van der Waals surface area contributed by atoms with E-state index in [4.69, 9.17) is 0 Å². The molecule has 0 aromatic rings. The van der Waals surface area contributed by atoms with E-state index in [-0.39, 0.29) is 23.3 Å². The van der Waals surface area contributed by atoms with Crippen molar-refractivity contribution in [2.75, 3.05) is 13.1 Å². The number of carbonyl (C=O) groups is 2. The van der Waals surface area contributed by atoms with Gasteiger partial charge >= 0.3 is 0 Å². The van der Waals surface area contributed by atoms with E-state index in [1.54, 1.807) is 0 Å². The summed E-state index contributed by atoms with van der Waals surface area (Å²) < 4.78 is 0. The zero-order valence-corrected chi connectivity index (χ0v) is 14.7. The highest BCUT2D eigenvalue weighted by atomic mass is 16.3. The zero-order valence-electron chi connectivity index (χ0n) is 14.7. The Kier molecular flexibility index (Phi) is 3.90. The van der Waals surface area contributed by atoms with Gasteiger partial charge < -0.3 is 15.3 Å². The van der Waals surface area contributed by atoms with Gasteiger partial charge in [-0.3, -0.25) is 9.59 Å². The molecule has 5 heteroatoms. The molecule has 4 bridgehead atoms. The minimum Gasteiger partial charge on any atom is -0.390 e. The first-order valence-corrected chi connectivity index (χ1v) is 9.68. The Morgan fingerprint density at radius 2 is 2.00 bits per heavy atom. The third kappa shape index (κ3) is 2.96. The van der Waals surface area contributed by atoms with E-state index < -0.39 is 5.60 Å². The highest BCUT2D eigenvalue weighted by Crippen LogP contribution is 2.62. The number of nitrogens with zero attached hydrogens (tertiary/aromatic N) is 1. The van der Waals surface area contributed by atoms with Gasteiger partial charge in [-0.2, -0.15) is 0 Å². The first-order valence-electron chi connectivity index (χ1n) is 9.68. The Morgan fingerprint density at radius 1 is 1.29 bits per heavy atom. The summed E-state index contributed by atoms with van der Waals surface area (Å²) in [6.45, 7) is 3.50. The molecule has 4 aliphatic carbocycles. The van der Waals surface area contributed by atoms with E-state index in [9.17, 15) is 14.7 Å². The van der Waals surface area contributed by atoms with Gasteiger partial charge in [-0.25, -0.2) is 0 Å². The topological polar surface area (TPSA) is 69.6 Å². The maximum absolute atomic E-state index is 12.6. The van der Waals surface area contributed by atoms with Crippen molar-refractivity contribution >= 4 is 11.8 Å². The smallest absolute Gasteiger partial charge is 0.224 e. The molecule has 0 radical (unpaired) electrons. The Morgan fingerprint density at radius 3 is 2.62 bits per heavy atom. The number of hydrogen-bond acceptors (Lipinski definition) is 3. The lowest BCUT2D eigenvalue weighted by molar-refractivity contribution is -0.169. The summed E-state index contributed by atoms with van der Waals surface area (Å²) in [6.07, 6.45) is 8.05. The average Bonchev–Trinajstić information content (AvgIpc) is 2.75. The van der Waals surface area contributed by atoms with Crippen LogP contribution in [0.1, 0.15) is 64.7 Å². The highest BCUT2D eigenvalue weighted by Gasteiger charge is 2.57. The number of hydrogen-bond donors (Lipinski definition) is 2. The van der Waals surface area contributed by atoms with Crippen LogP contribution in [-0.2, 0) is 9.59 Å². The van der Waals surface area contributed by atoms with Gasteiger partial charge in [0.2, 0.25) is 11.8 Å². The quantitative estimate of drug-likeness (QED) is 0.806. The van der Waals surface area contributed by atoms with Gasteiger partial charge in [-0.1, -0.05) is 6.92 Å². The predicted octanol–water partition coefficient (Wildman–Crippen LogP) is 1.83. The first-order chi connectivity index (χ1) is 11.4. The second-order valence-corrected chi connectivity index (χ2v) is 9.17. The van der Waals surface area contributed by atoms with Gasteiger partial charge in [0.15, 0.2) is 0 Å². The van der Waals surface area contributed by atoms with Gasteiger partial charge in [0, 0.05) is 25.9 Å². The molecule has 0 unspecified atom stereocenters. The number of likely N-dealkylation sites (tertiary alicyclic amines) is 1. The molecule has 5 fully saturated rings. The maximum Gasteiger partial charge on any atom is 0.224 e. The third-order valence-electron chi connectivity index (χ3n) is 6.76. The van der Waals surface area contributed by atoms with Crippen LogP contribution in [0.4, 0.5) is 0 Å². The Hall–Kier alpha value is -1.10. The van der Waals surface area contributed by atoms with Crippen LogP contribution in [0, 0.1) is 17.3 Å². The molecule has 134 valence electrons. The van der Waals surface area contributed by atoms with Crippen molar-refractivity contribution in [1.82, 2.24) is 10.2 Å². The molecular weight excluding hydrogens is 304 g/mol. The fourth-order valence-corrected chi connectivity index (χ4v) is 6.58. The standard InChI is InChI=1S/C19H30N2O3/c1-2-3-21-11-15(5-17(21)23)20-16(22)10-18-6-13-4-14(7-18)9-19(24,8-13)12-18/h13-15,24H,2-12H2,1H3,(H,20,22)/t13-,14-,15-,18?,19?/m1/s1. The fourth-order valence-electron chi connectivity index (χ4n) is 6.58. The summed E-state index contributed by atoms with van der Waals surface area (Å²) in [4.78, 5) is 26.4. The summed E-state index contributed by atoms with van der Waals surface area (Å²) >= 11 is 0. The van der Waals surface area contributed by atoms with Gasteiger partial charge in [0.05, 0.1) is 11.6 Å². The van der Waals surface area contributed by atoms with Crippen LogP contribution in [0.25, 0.3) is 0 Å². The fraction of sp³-hybridized carbons (Fsp3) is 0.895. The number of amides is 2. The maximum atomic E-state index is 12.6. The van der Waals surface area contributed by atoms with Crippen molar-refractivity contribution in [3.63, 3.8) is 0 Å². The zero-order chi connectivity index (χ0) is 16.9. The number of carbonyl (C=O) groups excluding carboxylic acids is 2. The molecule has 2 amide bonds. The lowest BCUT2D eigenvalue weighted by Crippen LogP contribution is -2.56. The third-order valence-corrected chi connectivity index (χ3v) is 6.76. The molecule has 1 saturated heterocycles. The Balaban J connectivity index is 1.36. The van der Waals surface area contributed by atoms with Gasteiger partial charge in [0.1, 0.15) is 0 Å².